The second-order valence-corrected chi connectivity index (χ2v) is 9.01. The third-order valence-corrected chi connectivity index (χ3v) is 6.43. The molecule has 25 heavy (non-hydrogen) atoms. The number of nitrogens with zero attached hydrogens (tertiary/aromatic N) is 2. The van der Waals surface area contributed by atoms with Gasteiger partial charge in [0.1, 0.15) is 0 Å². The molecule has 0 aliphatic heterocycles. The first-order chi connectivity index (χ1) is 11.5. The van der Waals surface area contributed by atoms with Crippen molar-refractivity contribution in [3.63, 3.8) is 0 Å². The highest BCUT2D eigenvalue weighted by Gasteiger charge is 2.20. The first-order valence-corrected chi connectivity index (χ1v) is 9.76. The summed E-state index contributed by atoms with van der Waals surface area (Å²) in [4.78, 5) is 9.73. The summed E-state index contributed by atoms with van der Waals surface area (Å²) in [7, 11) is -5.00. The van der Waals surface area contributed by atoms with E-state index in [0.717, 1.165) is 28.6 Å². The monoisotopic (exact) mass is 385 g/mol. The summed E-state index contributed by atoms with van der Waals surface area (Å²) in [5.41, 5.74) is -0.181. The van der Waals surface area contributed by atoms with Gasteiger partial charge in [-0.3, -0.25) is 14.8 Å². The highest BCUT2D eigenvalue weighted by atomic mass is 32.2. The minimum Gasteiger partial charge on any atom is -0.280 e. The van der Waals surface area contributed by atoms with Gasteiger partial charge in [-0.15, -0.1) is 0 Å². The Kier molecular flexibility index (Phi) is 5.11. The molecule has 0 unspecified atom stereocenters. The predicted octanol–water partition coefficient (Wildman–Crippen LogP) is 1.65. The Balaban J connectivity index is 2.34. The zero-order valence-corrected chi connectivity index (χ0v) is 14.9. The molecule has 2 aromatic rings. The van der Waals surface area contributed by atoms with Crippen LogP contribution < -0.4 is 4.72 Å². The molecule has 0 amide bonds. The van der Waals surface area contributed by atoms with E-state index in [1.54, 1.807) is 0 Å². The van der Waals surface area contributed by atoms with Crippen LogP contribution in [0.5, 0.6) is 0 Å². The molecule has 0 aromatic heterocycles. The van der Waals surface area contributed by atoms with Gasteiger partial charge in [0.2, 0.25) is 10.0 Å². The highest BCUT2D eigenvalue weighted by molar-refractivity contribution is 7.92. The average Bonchev–Trinajstić information content (AvgIpc) is 2.54. The largest absolute Gasteiger partial charge is 0.280 e. The molecule has 0 aliphatic rings. The van der Waals surface area contributed by atoms with E-state index in [1.165, 1.54) is 38.4 Å². The van der Waals surface area contributed by atoms with E-state index in [2.05, 4.69) is 4.72 Å². The van der Waals surface area contributed by atoms with E-state index in [0.29, 0.717) is 0 Å². The summed E-state index contributed by atoms with van der Waals surface area (Å²) in [6.45, 7) is 0. The Labute approximate surface area is 145 Å². The quantitative estimate of drug-likeness (QED) is 0.595. The number of rotatable bonds is 6. The molecule has 0 fully saturated rings. The van der Waals surface area contributed by atoms with Gasteiger partial charge in [0, 0.05) is 26.2 Å². The van der Waals surface area contributed by atoms with Crippen molar-refractivity contribution in [1.29, 1.82) is 0 Å². The number of non-ortho nitro benzene ring substituents is 1. The standard InChI is InChI=1S/C14H15N3O6S2/c1-16(2)25(22,23)14-5-3-4-11(10-14)15-24(20,21)13-8-6-12(7-9-13)17(18)19/h3-10,15H,1-2H3. The number of hydrogen-bond acceptors (Lipinski definition) is 6. The third kappa shape index (κ3) is 4.13. The lowest BCUT2D eigenvalue weighted by molar-refractivity contribution is -0.384. The molecule has 0 saturated carbocycles. The summed E-state index contributed by atoms with van der Waals surface area (Å²) in [6.07, 6.45) is 0. The van der Waals surface area contributed by atoms with Crippen molar-refractivity contribution in [2.75, 3.05) is 18.8 Å². The average molecular weight is 385 g/mol. The second-order valence-electron chi connectivity index (χ2n) is 5.17. The van der Waals surface area contributed by atoms with Crippen molar-refractivity contribution in [2.45, 2.75) is 9.79 Å². The smallest absolute Gasteiger partial charge is 0.269 e. The van der Waals surface area contributed by atoms with Gasteiger partial charge in [0.25, 0.3) is 15.7 Å². The molecule has 11 heteroatoms. The fourth-order valence-electron chi connectivity index (χ4n) is 1.89. The highest BCUT2D eigenvalue weighted by Crippen LogP contribution is 2.22. The lowest BCUT2D eigenvalue weighted by Crippen LogP contribution is -2.22. The zero-order chi connectivity index (χ0) is 18.8. The number of anilines is 1. The van der Waals surface area contributed by atoms with Crippen molar-refractivity contribution >= 4 is 31.4 Å². The number of sulfonamides is 2. The summed E-state index contributed by atoms with van der Waals surface area (Å²) in [5.74, 6) is 0. The maximum absolute atomic E-state index is 12.3. The fourth-order valence-corrected chi connectivity index (χ4v) is 3.89. The third-order valence-electron chi connectivity index (χ3n) is 3.22. The molecule has 0 heterocycles. The summed E-state index contributed by atoms with van der Waals surface area (Å²) in [5, 5.41) is 10.6. The Bertz CT molecular complexity index is 999. The molecule has 2 rings (SSSR count). The Morgan fingerprint density at radius 1 is 0.960 bits per heavy atom. The first-order valence-electron chi connectivity index (χ1n) is 6.84. The van der Waals surface area contributed by atoms with Gasteiger partial charge in [-0.05, 0) is 30.3 Å². The van der Waals surface area contributed by atoms with Gasteiger partial charge in [-0.1, -0.05) is 6.07 Å². The Morgan fingerprint density at radius 2 is 1.56 bits per heavy atom. The molecule has 9 nitrogen and oxygen atoms in total. The van der Waals surface area contributed by atoms with Crippen LogP contribution in [0.2, 0.25) is 0 Å². The van der Waals surface area contributed by atoms with E-state index in [4.69, 9.17) is 0 Å². The van der Waals surface area contributed by atoms with E-state index < -0.39 is 25.0 Å². The minimum atomic E-state index is -4.02. The number of nitro benzene ring substituents is 1. The van der Waals surface area contributed by atoms with Crippen molar-refractivity contribution in [3.05, 3.63) is 58.6 Å². The van der Waals surface area contributed by atoms with E-state index in [9.17, 15) is 26.9 Å². The van der Waals surface area contributed by atoms with Crippen LogP contribution in [-0.4, -0.2) is 40.2 Å². The molecular weight excluding hydrogens is 370 g/mol. The maximum Gasteiger partial charge on any atom is 0.269 e. The van der Waals surface area contributed by atoms with Gasteiger partial charge in [-0.25, -0.2) is 21.1 Å². The molecule has 0 aliphatic carbocycles. The summed E-state index contributed by atoms with van der Waals surface area (Å²) in [6, 6.07) is 9.68. The van der Waals surface area contributed by atoms with Crippen molar-refractivity contribution in [1.82, 2.24) is 4.31 Å². The van der Waals surface area contributed by atoms with Crippen LogP contribution in [0.25, 0.3) is 0 Å². The topological polar surface area (TPSA) is 127 Å². The molecule has 0 spiro atoms. The molecule has 0 bridgehead atoms. The van der Waals surface area contributed by atoms with Gasteiger partial charge in [0.05, 0.1) is 20.4 Å². The molecule has 2 aromatic carbocycles. The predicted molar refractivity (Wildman–Crippen MR) is 91.2 cm³/mol. The normalized spacial score (nSPS) is 12.1. The van der Waals surface area contributed by atoms with Crippen LogP contribution in [0.3, 0.4) is 0 Å². The summed E-state index contributed by atoms with van der Waals surface area (Å²) >= 11 is 0. The minimum absolute atomic E-state index is 0.0567. The zero-order valence-electron chi connectivity index (χ0n) is 13.3. The Hall–Kier alpha value is -2.50. The van der Waals surface area contributed by atoms with Crippen LogP contribution >= 0.6 is 0 Å². The SMILES string of the molecule is CN(C)S(=O)(=O)c1cccc(NS(=O)(=O)c2ccc([N+](=O)[O-])cc2)c1. The maximum atomic E-state index is 12.3. The molecule has 134 valence electrons. The lowest BCUT2D eigenvalue weighted by Gasteiger charge is -2.13. The van der Waals surface area contributed by atoms with Crippen molar-refractivity contribution < 1.29 is 21.8 Å². The van der Waals surface area contributed by atoms with Gasteiger partial charge in [0.15, 0.2) is 0 Å². The first kappa shape index (κ1) is 18.8. The van der Waals surface area contributed by atoms with E-state index >= 15 is 0 Å². The van der Waals surface area contributed by atoms with Crippen LogP contribution in [0.15, 0.2) is 58.3 Å². The van der Waals surface area contributed by atoms with E-state index in [-0.39, 0.29) is 21.2 Å². The lowest BCUT2D eigenvalue weighted by atomic mass is 10.3. The molecule has 0 saturated heterocycles. The molecule has 0 radical (unpaired) electrons. The van der Waals surface area contributed by atoms with Crippen LogP contribution in [0.4, 0.5) is 11.4 Å². The number of benzene rings is 2. The Morgan fingerprint density at radius 3 is 2.08 bits per heavy atom. The number of hydrogen-bond donors (Lipinski definition) is 1. The summed E-state index contributed by atoms with van der Waals surface area (Å²) < 4.78 is 52.2. The molecular formula is C14H15N3O6S2. The molecule has 0 atom stereocenters. The van der Waals surface area contributed by atoms with Crippen molar-refractivity contribution in [3.8, 4) is 0 Å². The van der Waals surface area contributed by atoms with E-state index in [1.807, 2.05) is 0 Å². The van der Waals surface area contributed by atoms with Gasteiger partial charge in [-0.2, -0.15) is 0 Å². The van der Waals surface area contributed by atoms with Crippen LogP contribution in [-0.2, 0) is 20.0 Å². The van der Waals surface area contributed by atoms with Gasteiger partial charge >= 0.3 is 0 Å². The van der Waals surface area contributed by atoms with Gasteiger partial charge < -0.3 is 0 Å². The number of nitrogens with one attached hydrogen (secondary N) is 1. The fraction of sp³-hybridized carbons (Fsp3) is 0.143. The van der Waals surface area contributed by atoms with Crippen molar-refractivity contribution in [2.24, 2.45) is 0 Å². The second kappa shape index (κ2) is 6.78. The van der Waals surface area contributed by atoms with Crippen LogP contribution in [0, 0.1) is 10.1 Å². The van der Waals surface area contributed by atoms with Crippen LogP contribution in [0.1, 0.15) is 0 Å². The molecule has 1 N–H and O–H groups in total. The number of nitro groups is 1.